The number of para-hydroxylation sites is 1. The molecule has 1 aliphatic rings. The van der Waals surface area contributed by atoms with Crippen LogP contribution in [0.1, 0.15) is 40.0 Å². The molecule has 1 fully saturated rings. The number of nitrogens with one attached hydrogen (secondary N) is 1. The molecule has 1 saturated carbocycles. The highest BCUT2D eigenvalue weighted by Crippen LogP contribution is 2.33. The van der Waals surface area contributed by atoms with Crippen molar-refractivity contribution in [3.8, 4) is 17.1 Å². The molecule has 1 aliphatic carbocycles. The molecule has 1 aromatic heterocycles. The van der Waals surface area contributed by atoms with Crippen molar-refractivity contribution in [3.05, 3.63) is 36.9 Å². The van der Waals surface area contributed by atoms with Gasteiger partial charge in [0.1, 0.15) is 5.75 Å². The van der Waals surface area contributed by atoms with Crippen LogP contribution in [0, 0.1) is 11.8 Å². The average Bonchev–Trinajstić information content (AvgIpc) is 3.13. The van der Waals surface area contributed by atoms with Crippen LogP contribution in [0.3, 0.4) is 0 Å². The third kappa shape index (κ3) is 4.89. The first-order chi connectivity index (χ1) is 14.5. The zero-order chi connectivity index (χ0) is 21.7. The molecular weight excluding hydrogens is 396 g/mol. The Labute approximate surface area is 183 Å². The number of nitrogens with zero attached hydrogens (tertiary/aromatic N) is 3. The van der Waals surface area contributed by atoms with E-state index < -0.39 is 0 Å². The highest BCUT2D eigenvalue weighted by Gasteiger charge is 2.30. The molecule has 0 bridgehead atoms. The van der Waals surface area contributed by atoms with Crippen molar-refractivity contribution >= 4 is 17.7 Å². The topological polar surface area (TPSA) is 69.0 Å². The summed E-state index contributed by atoms with van der Waals surface area (Å²) in [6.07, 6.45) is 5.28. The third-order valence-electron chi connectivity index (χ3n) is 6.06. The van der Waals surface area contributed by atoms with Crippen LogP contribution < -0.4 is 10.1 Å². The summed E-state index contributed by atoms with van der Waals surface area (Å²) < 4.78 is 7.46. The lowest BCUT2D eigenvalue weighted by Gasteiger charge is -2.35. The van der Waals surface area contributed by atoms with E-state index in [1.807, 2.05) is 41.8 Å². The predicted octanol–water partition coefficient (Wildman–Crippen LogP) is 4.56. The number of methoxy groups -OCH3 is 1. The van der Waals surface area contributed by atoms with E-state index in [0.717, 1.165) is 17.7 Å². The van der Waals surface area contributed by atoms with Crippen molar-refractivity contribution in [3.63, 3.8) is 0 Å². The van der Waals surface area contributed by atoms with Gasteiger partial charge in [-0.1, -0.05) is 56.7 Å². The molecule has 1 amide bonds. The fraction of sp³-hybridized carbons (Fsp3) is 0.522. The molecule has 0 radical (unpaired) electrons. The number of hydrogen-bond donors (Lipinski definition) is 1. The summed E-state index contributed by atoms with van der Waals surface area (Å²) in [6.45, 7) is 10.9. The van der Waals surface area contributed by atoms with Crippen LogP contribution in [0.4, 0.5) is 0 Å². The quantitative estimate of drug-likeness (QED) is 0.493. The van der Waals surface area contributed by atoms with Crippen molar-refractivity contribution in [2.24, 2.45) is 11.8 Å². The van der Waals surface area contributed by atoms with Gasteiger partial charge in [-0.05, 0) is 37.3 Å². The highest BCUT2D eigenvalue weighted by molar-refractivity contribution is 8.00. The smallest absolute Gasteiger partial charge is 0.233 e. The first-order valence-electron chi connectivity index (χ1n) is 10.6. The maximum absolute atomic E-state index is 12.9. The molecule has 0 aliphatic heterocycles. The molecule has 1 aromatic carbocycles. The summed E-state index contributed by atoms with van der Waals surface area (Å²) in [5.41, 5.74) is 0.864. The van der Waals surface area contributed by atoms with Gasteiger partial charge < -0.3 is 10.1 Å². The third-order valence-corrected chi connectivity index (χ3v) is 7.14. The standard InChI is InChI=1S/C23H32N4O2S/c1-6-14-27-21(18-11-7-8-13-20(18)29-5)25-26-23(27)30-17(4)22(28)24-19-12-9-10-15(2)16(19)3/h6-8,11,13,15-17,19H,1,9-10,12,14H2,2-5H3,(H,24,28)/t15-,16+,17+,19-/m0/s1. The number of amides is 1. The second kappa shape index (κ2) is 10.2. The summed E-state index contributed by atoms with van der Waals surface area (Å²) in [5.74, 6) is 2.64. The maximum atomic E-state index is 12.9. The normalized spacial score (nSPS) is 22.3. The van der Waals surface area contributed by atoms with Crippen LogP contribution in [0.15, 0.2) is 42.1 Å². The second-order valence-corrected chi connectivity index (χ2v) is 9.36. The van der Waals surface area contributed by atoms with Gasteiger partial charge in [0.2, 0.25) is 5.91 Å². The van der Waals surface area contributed by atoms with Crippen molar-refractivity contribution in [2.45, 2.75) is 63.0 Å². The first kappa shape index (κ1) is 22.4. The molecule has 0 spiro atoms. The van der Waals surface area contributed by atoms with Crippen LogP contribution in [-0.2, 0) is 11.3 Å². The van der Waals surface area contributed by atoms with E-state index in [9.17, 15) is 4.79 Å². The van der Waals surface area contributed by atoms with E-state index in [2.05, 4.69) is 35.9 Å². The van der Waals surface area contributed by atoms with E-state index in [0.29, 0.717) is 29.4 Å². The van der Waals surface area contributed by atoms with Crippen molar-refractivity contribution < 1.29 is 9.53 Å². The number of allylic oxidation sites excluding steroid dienone is 1. The Balaban J connectivity index is 1.76. The molecule has 1 N–H and O–H groups in total. The van der Waals surface area contributed by atoms with Gasteiger partial charge in [0.25, 0.3) is 0 Å². The minimum Gasteiger partial charge on any atom is -0.496 e. The Bertz CT molecular complexity index is 882. The van der Waals surface area contributed by atoms with Crippen LogP contribution in [-0.4, -0.2) is 39.1 Å². The molecule has 3 rings (SSSR count). The summed E-state index contributed by atoms with van der Waals surface area (Å²) in [5, 5.41) is 12.5. The van der Waals surface area contributed by atoms with Gasteiger partial charge in [0.05, 0.1) is 17.9 Å². The first-order valence-corrected chi connectivity index (χ1v) is 11.5. The Morgan fingerprint density at radius 3 is 2.87 bits per heavy atom. The fourth-order valence-corrected chi connectivity index (χ4v) is 4.86. The van der Waals surface area contributed by atoms with Crippen LogP contribution in [0.25, 0.3) is 11.4 Å². The van der Waals surface area contributed by atoms with Crippen LogP contribution >= 0.6 is 11.8 Å². The molecule has 2 aromatic rings. The molecule has 6 nitrogen and oxygen atoms in total. The van der Waals surface area contributed by atoms with Crippen LogP contribution in [0.2, 0.25) is 0 Å². The van der Waals surface area contributed by atoms with Gasteiger partial charge in [-0.2, -0.15) is 0 Å². The maximum Gasteiger partial charge on any atom is 0.233 e. The fourth-order valence-electron chi connectivity index (χ4n) is 4.00. The highest BCUT2D eigenvalue weighted by atomic mass is 32.2. The van der Waals surface area contributed by atoms with Crippen molar-refractivity contribution in [1.82, 2.24) is 20.1 Å². The zero-order valence-electron chi connectivity index (χ0n) is 18.3. The monoisotopic (exact) mass is 428 g/mol. The number of carbonyl (C=O) groups is 1. The van der Waals surface area contributed by atoms with E-state index in [1.165, 1.54) is 24.6 Å². The summed E-state index contributed by atoms with van der Waals surface area (Å²) in [7, 11) is 1.64. The number of hydrogen-bond acceptors (Lipinski definition) is 5. The van der Waals surface area contributed by atoms with Gasteiger partial charge in [-0.25, -0.2) is 0 Å². The summed E-state index contributed by atoms with van der Waals surface area (Å²) >= 11 is 1.43. The molecule has 162 valence electrons. The number of benzene rings is 1. The number of carbonyl (C=O) groups excluding carboxylic acids is 1. The van der Waals surface area contributed by atoms with Gasteiger partial charge >= 0.3 is 0 Å². The van der Waals surface area contributed by atoms with Crippen LogP contribution in [0.5, 0.6) is 5.75 Å². The number of ether oxygens (including phenoxy) is 1. The number of aromatic nitrogens is 3. The zero-order valence-corrected chi connectivity index (χ0v) is 19.1. The molecule has 4 atom stereocenters. The van der Waals surface area contributed by atoms with Gasteiger partial charge in [0, 0.05) is 12.6 Å². The van der Waals surface area contributed by atoms with E-state index in [4.69, 9.17) is 4.74 Å². The lowest BCUT2D eigenvalue weighted by atomic mass is 9.78. The van der Waals surface area contributed by atoms with Gasteiger partial charge in [-0.3, -0.25) is 9.36 Å². The predicted molar refractivity (Wildman–Crippen MR) is 122 cm³/mol. The minimum absolute atomic E-state index is 0.0537. The molecule has 1 heterocycles. The molecule has 0 unspecified atom stereocenters. The number of rotatable bonds is 8. The van der Waals surface area contributed by atoms with Gasteiger partial charge in [-0.15, -0.1) is 16.8 Å². The summed E-state index contributed by atoms with van der Waals surface area (Å²) in [4.78, 5) is 12.9. The van der Waals surface area contributed by atoms with Crippen molar-refractivity contribution in [2.75, 3.05) is 7.11 Å². The molecular formula is C23H32N4O2S. The largest absolute Gasteiger partial charge is 0.496 e. The van der Waals surface area contributed by atoms with E-state index in [-0.39, 0.29) is 17.2 Å². The Kier molecular flexibility index (Phi) is 7.58. The lowest BCUT2D eigenvalue weighted by Crippen LogP contribution is -2.46. The van der Waals surface area contributed by atoms with Crippen molar-refractivity contribution in [1.29, 1.82) is 0 Å². The number of thioether (sulfide) groups is 1. The Hall–Kier alpha value is -2.28. The SMILES string of the molecule is C=CCn1c(S[C@H](C)C(=O)N[C@H]2CCC[C@H](C)[C@H]2C)nnc1-c1ccccc1OC. The molecule has 7 heteroatoms. The minimum atomic E-state index is -0.271. The summed E-state index contributed by atoms with van der Waals surface area (Å²) in [6, 6.07) is 7.97. The molecule has 30 heavy (non-hydrogen) atoms. The van der Waals surface area contributed by atoms with Gasteiger partial charge in [0.15, 0.2) is 11.0 Å². The second-order valence-electron chi connectivity index (χ2n) is 8.05. The Morgan fingerprint density at radius 2 is 2.13 bits per heavy atom. The lowest BCUT2D eigenvalue weighted by molar-refractivity contribution is -0.121. The molecule has 0 saturated heterocycles. The van der Waals surface area contributed by atoms with E-state index >= 15 is 0 Å². The average molecular weight is 429 g/mol. The van der Waals surface area contributed by atoms with E-state index in [1.54, 1.807) is 7.11 Å². The Morgan fingerprint density at radius 1 is 1.37 bits per heavy atom.